The summed E-state index contributed by atoms with van der Waals surface area (Å²) in [5.41, 5.74) is 3.54. The molecule has 0 aromatic carbocycles. The predicted molar refractivity (Wildman–Crippen MR) is 88.0 cm³/mol. The first-order chi connectivity index (χ1) is 11.6. The van der Waals surface area contributed by atoms with Crippen LogP contribution in [0.1, 0.15) is 48.2 Å². The first-order valence-electron chi connectivity index (χ1n) is 8.57. The molecule has 1 N–H and O–H groups in total. The first-order valence-corrected chi connectivity index (χ1v) is 8.57. The highest BCUT2D eigenvalue weighted by Crippen LogP contribution is 2.20. The number of nitrogens with one attached hydrogen (secondary N) is 1. The van der Waals surface area contributed by atoms with Crippen LogP contribution in [-0.4, -0.2) is 37.1 Å². The number of rotatable bonds is 3. The zero-order chi connectivity index (χ0) is 16.7. The number of piperidine rings is 1. The van der Waals surface area contributed by atoms with Gasteiger partial charge in [-0.1, -0.05) is 0 Å². The number of likely N-dealkylation sites (tertiary alicyclic amines) is 1. The number of hydrogen-bond donors (Lipinski definition) is 1. The summed E-state index contributed by atoms with van der Waals surface area (Å²) in [5, 5.41) is 4.39. The predicted octanol–water partition coefficient (Wildman–Crippen LogP) is 1.27. The molecular weight excluding hydrogens is 306 g/mol. The molecular formula is C17H21N5O2. The molecule has 0 saturated carbocycles. The van der Waals surface area contributed by atoms with Crippen LogP contribution in [0, 0.1) is 6.92 Å². The molecule has 2 aromatic rings. The van der Waals surface area contributed by atoms with Crippen LogP contribution >= 0.6 is 0 Å². The number of carbonyl (C=O) groups excluding carboxylic acids is 1. The third-order valence-electron chi connectivity index (χ3n) is 5.02. The number of fused-ring (bicyclic) bond motifs is 1. The first kappa shape index (κ1) is 15.1. The van der Waals surface area contributed by atoms with Crippen molar-refractivity contribution in [3.05, 3.63) is 39.1 Å². The number of aromatic amines is 1. The standard InChI is InChI=1S/C17H21N5O2/c1-11-12(10-21-8-3-2-7-15(21)23)9-18-22(11)17-19-14-6-4-5-13(14)16(24)20-17/h9H,2-8,10H2,1H3,(H,19,20,24). The maximum absolute atomic E-state index is 12.2. The summed E-state index contributed by atoms with van der Waals surface area (Å²) in [5.74, 6) is 0.673. The zero-order valence-corrected chi connectivity index (χ0v) is 13.8. The number of hydrogen-bond acceptors (Lipinski definition) is 4. The molecule has 2 aromatic heterocycles. The summed E-state index contributed by atoms with van der Waals surface area (Å²) in [6, 6.07) is 0. The van der Waals surface area contributed by atoms with Gasteiger partial charge in [0.2, 0.25) is 11.9 Å². The van der Waals surface area contributed by atoms with Gasteiger partial charge in [-0.25, -0.2) is 9.67 Å². The Hall–Kier alpha value is -2.44. The molecule has 0 unspecified atom stereocenters. The van der Waals surface area contributed by atoms with Crippen LogP contribution in [0.3, 0.4) is 0 Å². The van der Waals surface area contributed by atoms with Crippen molar-refractivity contribution in [3.63, 3.8) is 0 Å². The van der Waals surface area contributed by atoms with E-state index in [0.29, 0.717) is 18.9 Å². The molecule has 0 bridgehead atoms. The molecule has 1 aliphatic carbocycles. The van der Waals surface area contributed by atoms with Gasteiger partial charge in [-0.2, -0.15) is 5.10 Å². The fourth-order valence-corrected chi connectivity index (χ4v) is 3.58. The van der Waals surface area contributed by atoms with Crippen molar-refractivity contribution in [1.29, 1.82) is 0 Å². The van der Waals surface area contributed by atoms with E-state index < -0.39 is 0 Å². The lowest BCUT2D eigenvalue weighted by atomic mass is 10.1. The number of aryl methyl sites for hydroxylation is 1. The second-order valence-corrected chi connectivity index (χ2v) is 6.61. The van der Waals surface area contributed by atoms with Crippen LogP contribution in [0.5, 0.6) is 0 Å². The third-order valence-corrected chi connectivity index (χ3v) is 5.02. The van der Waals surface area contributed by atoms with E-state index in [1.165, 1.54) is 0 Å². The van der Waals surface area contributed by atoms with Gasteiger partial charge in [-0.05, 0) is 39.0 Å². The van der Waals surface area contributed by atoms with Gasteiger partial charge >= 0.3 is 0 Å². The molecule has 1 fully saturated rings. The Bertz CT molecular complexity index is 851. The molecule has 7 nitrogen and oxygen atoms in total. The average molecular weight is 327 g/mol. The summed E-state index contributed by atoms with van der Waals surface area (Å²) >= 11 is 0. The van der Waals surface area contributed by atoms with Crippen molar-refractivity contribution in [2.45, 2.75) is 52.0 Å². The van der Waals surface area contributed by atoms with Gasteiger partial charge in [0, 0.05) is 36.3 Å². The summed E-state index contributed by atoms with van der Waals surface area (Å²) in [4.78, 5) is 33.5. The van der Waals surface area contributed by atoms with Gasteiger partial charge < -0.3 is 4.90 Å². The van der Waals surface area contributed by atoms with Crippen LogP contribution in [0.2, 0.25) is 0 Å². The van der Waals surface area contributed by atoms with Crippen LogP contribution in [-0.2, 0) is 24.2 Å². The lowest BCUT2D eigenvalue weighted by molar-refractivity contribution is -0.133. The highest BCUT2D eigenvalue weighted by molar-refractivity contribution is 5.76. The molecule has 4 rings (SSSR count). The van der Waals surface area contributed by atoms with E-state index in [4.69, 9.17) is 0 Å². The van der Waals surface area contributed by atoms with E-state index in [0.717, 1.165) is 61.2 Å². The Kier molecular flexibility index (Phi) is 3.70. The van der Waals surface area contributed by atoms with Crippen molar-refractivity contribution in [2.75, 3.05) is 6.54 Å². The molecule has 0 atom stereocenters. The van der Waals surface area contributed by atoms with Crippen molar-refractivity contribution < 1.29 is 4.79 Å². The molecule has 7 heteroatoms. The van der Waals surface area contributed by atoms with Crippen molar-refractivity contribution in [2.24, 2.45) is 0 Å². The van der Waals surface area contributed by atoms with Gasteiger partial charge in [0.1, 0.15) is 0 Å². The van der Waals surface area contributed by atoms with Crippen LogP contribution in [0.15, 0.2) is 11.0 Å². The van der Waals surface area contributed by atoms with Gasteiger partial charge in [0.15, 0.2) is 0 Å². The number of nitrogens with zero attached hydrogens (tertiary/aromatic N) is 4. The fraction of sp³-hybridized carbons (Fsp3) is 0.529. The average Bonchev–Trinajstić information content (AvgIpc) is 3.17. The minimum atomic E-state index is -0.0600. The Morgan fingerprint density at radius 3 is 2.88 bits per heavy atom. The van der Waals surface area contributed by atoms with E-state index >= 15 is 0 Å². The van der Waals surface area contributed by atoms with E-state index in [-0.39, 0.29) is 11.5 Å². The van der Waals surface area contributed by atoms with E-state index in [1.807, 2.05) is 11.8 Å². The minimum Gasteiger partial charge on any atom is -0.338 e. The summed E-state index contributed by atoms with van der Waals surface area (Å²) in [6.45, 7) is 3.32. The van der Waals surface area contributed by atoms with Gasteiger partial charge in [-0.15, -0.1) is 0 Å². The summed E-state index contributed by atoms with van der Waals surface area (Å²) in [7, 11) is 0. The van der Waals surface area contributed by atoms with Crippen molar-refractivity contribution in [1.82, 2.24) is 24.6 Å². The number of carbonyl (C=O) groups is 1. The second kappa shape index (κ2) is 5.89. The molecule has 24 heavy (non-hydrogen) atoms. The van der Waals surface area contributed by atoms with Gasteiger partial charge in [-0.3, -0.25) is 14.6 Å². The molecule has 3 heterocycles. The fourth-order valence-electron chi connectivity index (χ4n) is 3.58. The van der Waals surface area contributed by atoms with E-state index in [2.05, 4.69) is 15.1 Å². The largest absolute Gasteiger partial charge is 0.338 e. The third kappa shape index (κ3) is 2.53. The smallest absolute Gasteiger partial charge is 0.255 e. The quantitative estimate of drug-likeness (QED) is 0.920. The Morgan fingerprint density at radius 1 is 1.17 bits per heavy atom. The van der Waals surface area contributed by atoms with E-state index in [9.17, 15) is 9.59 Å². The molecule has 126 valence electrons. The van der Waals surface area contributed by atoms with Crippen molar-refractivity contribution in [3.8, 4) is 5.95 Å². The van der Waals surface area contributed by atoms with Crippen LogP contribution in [0.25, 0.3) is 5.95 Å². The number of aromatic nitrogens is 4. The summed E-state index contributed by atoms with van der Waals surface area (Å²) < 4.78 is 1.67. The Balaban J connectivity index is 1.64. The molecule has 1 aliphatic heterocycles. The Labute approximate surface area is 139 Å². The Morgan fingerprint density at radius 2 is 2.04 bits per heavy atom. The molecule has 1 saturated heterocycles. The molecule has 2 aliphatic rings. The molecule has 0 radical (unpaired) electrons. The minimum absolute atomic E-state index is 0.0600. The zero-order valence-electron chi connectivity index (χ0n) is 13.8. The highest BCUT2D eigenvalue weighted by atomic mass is 16.2. The van der Waals surface area contributed by atoms with E-state index in [1.54, 1.807) is 10.9 Å². The summed E-state index contributed by atoms with van der Waals surface area (Å²) in [6.07, 6.45) is 7.07. The van der Waals surface area contributed by atoms with Crippen LogP contribution in [0.4, 0.5) is 0 Å². The number of amides is 1. The van der Waals surface area contributed by atoms with Crippen LogP contribution < -0.4 is 5.56 Å². The maximum Gasteiger partial charge on any atom is 0.255 e. The molecule has 0 spiro atoms. The second-order valence-electron chi connectivity index (χ2n) is 6.61. The SMILES string of the molecule is Cc1c(CN2CCCCC2=O)cnn1-c1nc2c(c(=O)[nH]1)CCC2. The van der Waals surface area contributed by atoms with Gasteiger partial charge in [0.25, 0.3) is 5.56 Å². The highest BCUT2D eigenvalue weighted by Gasteiger charge is 2.22. The van der Waals surface area contributed by atoms with Crippen molar-refractivity contribution >= 4 is 5.91 Å². The molecule has 1 amide bonds. The monoisotopic (exact) mass is 327 g/mol. The maximum atomic E-state index is 12.2. The lowest BCUT2D eigenvalue weighted by Crippen LogP contribution is -2.34. The topological polar surface area (TPSA) is 83.9 Å². The number of H-pyrrole nitrogens is 1. The van der Waals surface area contributed by atoms with Gasteiger partial charge in [0.05, 0.1) is 11.9 Å². The normalized spacial score (nSPS) is 17.4. The lowest BCUT2D eigenvalue weighted by Gasteiger charge is -2.26.